The average Bonchev–Trinajstić information content (AvgIpc) is 2.90. The summed E-state index contributed by atoms with van der Waals surface area (Å²) in [6.07, 6.45) is 2.66. The van der Waals surface area contributed by atoms with E-state index in [4.69, 9.17) is 5.73 Å². The third kappa shape index (κ3) is 3.45. The van der Waals surface area contributed by atoms with Gasteiger partial charge in [-0.1, -0.05) is 12.1 Å². The molecule has 0 aromatic heterocycles. The molecule has 1 aliphatic rings. The van der Waals surface area contributed by atoms with Crippen LogP contribution in [0.4, 0.5) is 5.69 Å². The molecule has 3 nitrogen and oxygen atoms in total. The van der Waals surface area contributed by atoms with Crippen molar-refractivity contribution >= 4 is 5.69 Å². The summed E-state index contributed by atoms with van der Waals surface area (Å²) in [4.78, 5) is 2.46. The topological polar surface area (TPSA) is 41.3 Å². The molecule has 1 fully saturated rings. The van der Waals surface area contributed by atoms with Crippen LogP contribution in [0, 0.1) is 0 Å². The first-order valence-corrected chi connectivity index (χ1v) is 6.57. The Labute approximate surface area is 104 Å². The van der Waals surface area contributed by atoms with Crippen LogP contribution in [0.2, 0.25) is 0 Å². The van der Waals surface area contributed by atoms with E-state index in [1.807, 2.05) is 0 Å². The lowest BCUT2D eigenvalue weighted by molar-refractivity contribution is 0.556. The van der Waals surface area contributed by atoms with Crippen molar-refractivity contribution in [2.45, 2.75) is 32.4 Å². The first kappa shape index (κ1) is 12.4. The SMILES string of the molecule is CC(CN)NCc1ccc(N2CCCC2)cc1. The molecular weight excluding hydrogens is 210 g/mol. The first-order valence-electron chi connectivity index (χ1n) is 6.57. The quantitative estimate of drug-likeness (QED) is 0.813. The van der Waals surface area contributed by atoms with Crippen LogP contribution in [0.25, 0.3) is 0 Å². The van der Waals surface area contributed by atoms with Gasteiger partial charge in [0, 0.05) is 37.9 Å². The van der Waals surface area contributed by atoms with Crippen LogP contribution in [0.15, 0.2) is 24.3 Å². The van der Waals surface area contributed by atoms with Gasteiger partial charge in [-0.3, -0.25) is 0 Å². The highest BCUT2D eigenvalue weighted by Gasteiger charge is 2.11. The van der Waals surface area contributed by atoms with Crippen molar-refractivity contribution in [1.29, 1.82) is 0 Å². The van der Waals surface area contributed by atoms with E-state index in [9.17, 15) is 0 Å². The molecule has 94 valence electrons. The lowest BCUT2D eigenvalue weighted by Gasteiger charge is -2.18. The molecule has 0 saturated carbocycles. The second-order valence-electron chi connectivity index (χ2n) is 4.88. The highest BCUT2D eigenvalue weighted by Crippen LogP contribution is 2.20. The van der Waals surface area contributed by atoms with Crippen molar-refractivity contribution in [2.24, 2.45) is 5.73 Å². The summed E-state index contributed by atoms with van der Waals surface area (Å²) in [6, 6.07) is 9.27. The van der Waals surface area contributed by atoms with Crippen LogP contribution in [0.5, 0.6) is 0 Å². The molecule has 2 rings (SSSR count). The van der Waals surface area contributed by atoms with Gasteiger partial charge in [0.05, 0.1) is 0 Å². The van der Waals surface area contributed by atoms with E-state index in [-0.39, 0.29) is 0 Å². The van der Waals surface area contributed by atoms with Gasteiger partial charge in [0.25, 0.3) is 0 Å². The molecule has 0 amide bonds. The van der Waals surface area contributed by atoms with Gasteiger partial charge in [-0.2, -0.15) is 0 Å². The maximum Gasteiger partial charge on any atom is 0.0366 e. The number of benzene rings is 1. The Morgan fingerprint density at radius 2 is 1.88 bits per heavy atom. The van der Waals surface area contributed by atoms with Crippen LogP contribution < -0.4 is 16.0 Å². The summed E-state index contributed by atoms with van der Waals surface area (Å²) in [7, 11) is 0. The smallest absolute Gasteiger partial charge is 0.0366 e. The third-order valence-corrected chi connectivity index (χ3v) is 3.42. The van der Waals surface area contributed by atoms with Crippen molar-refractivity contribution in [3.05, 3.63) is 29.8 Å². The lowest BCUT2D eigenvalue weighted by atomic mass is 10.2. The Morgan fingerprint density at radius 3 is 2.47 bits per heavy atom. The molecule has 0 aliphatic carbocycles. The molecular formula is C14H23N3. The molecule has 0 bridgehead atoms. The normalized spacial score (nSPS) is 17.4. The number of nitrogens with zero attached hydrogens (tertiary/aromatic N) is 1. The minimum Gasteiger partial charge on any atom is -0.372 e. The Balaban J connectivity index is 1.88. The van der Waals surface area contributed by atoms with E-state index in [1.165, 1.54) is 37.2 Å². The molecule has 3 heteroatoms. The van der Waals surface area contributed by atoms with Crippen LogP contribution in [-0.4, -0.2) is 25.7 Å². The van der Waals surface area contributed by atoms with E-state index in [0.717, 1.165) is 6.54 Å². The van der Waals surface area contributed by atoms with Gasteiger partial charge in [-0.15, -0.1) is 0 Å². The lowest BCUT2D eigenvalue weighted by Crippen LogP contribution is -2.32. The van der Waals surface area contributed by atoms with Gasteiger partial charge >= 0.3 is 0 Å². The predicted octanol–water partition coefficient (Wildman–Crippen LogP) is 1.72. The molecule has 1 aromatic carbocycles. The Morgan fingerprint density at radius 1 is 1.24 bits per heavy atom. The van der Waals surface area contributed by atoms with E-state index >= 15 is 0 Å². The predicted molar refractivity (Wildman–Crippen MR) is 73.2 cm³/mol. The minimum absolute atomic E-state index is 0.383. The number of anilines is 1. The van der Waals surface area contributed by atoms with Gasteiger partial charge in [0.2, 0.25) is 0 Å². The number of hydrogen-bond donors (Lipinski definition) is 2. The minimum atomic E-state index is 0.383. The summed E-state index contributed by atoms with van der Waals surface area (Å²) >= 11 is 0. The van der Waals surface area contributed by atoms with Gasteiger partial charge in [-0.05, 0) is 37.5 Å². The first-order chi connectivity index (χ1) is 8.29. The average molecular weight is 233 g/mol. The Hall–Kier alpha value is -1.06. The zero-order valence-corrected chi connectivity index (χ0v) is 10.7. The van der Waals surface area contributed by atoms with E-state index < -0.39 is 0 Å². The van der Waals surface area contributed by atoms with Crippen LogP contribution in [-0.2, 0) is 6.54 Å². The summed E-state index contributed by atoms with van der Waals surface area (Å²) < 4.78 is 0. The number of nitrogens with two attached hydrogens (primary N) is 1. The third-order valence-electron chi connectivity index (χ3n) is 3.42. The van der Waals surface area contributed by atoms with Gasteiger partial charge in [0.15, 0.2) is 0 Å². The fraction of sp³-hybridized carbons (Fsp3) is 0.571. The number of rotatable bonds is 5. The monoisotopic (exact) mass is 233 g/mol. The second-order valence-corrected chi connectivity index (χ2v) is 4.88. The summed E-state index contributed by atoms with van der Waals surface area (Å²) in [5.74, 6) is 0. The zero-order valence-electron chi connectivity index (χ0n) is 10.7. The summed E-state index contributed by atoms with van der Waals surface area (Å²) in [6.45, 7) is 6.12. The van der Waals surface area contributed by atoms with Crippen molar-refractivity contribution < 1.29 is 0 Å². The van der Waals surface area contributed by atoms with Crippen molar-refractivity contribution in [3.8, 4) is 0 Å². The van der Waals surface area contributed by atoms with E-state index in [1.54, 1.807) is 0 Å². The fourth-order valence-electron chi connectivity index (χ4n) is 2.18. The standard InChI is InChI=1S/C14H23N3/c1-12(10-15)16-11-13-4-6-14(7-5-13)17-8-2-3-9-17/h4-7,12,16H,2-3,8-11,15H2,1H3. The van der Waals surface area contributed by atoms with Gasteiger partial charge in [-0.25, -0.2) is 0 Å². The zero-order chi connectivity index (χ0) is 12.1. The maximum atomic E-state index is 5.57. The van der Waals surface area contributed by atoms with Crippen molar-refractivity contribution in [2.75, 3.05) is 24.5 Å². The largest absolute Gasteiger partial charge is 0.372 e. The van der Waals surface area contributed by atoms with Gasteiger partial charge in [0.1, 0.15) is 0 Å². The molecule has 1 heterocycles. The van der Waals surface area contributed by atoms with E-state index in [2.05, 4.69) is 41.4 Å². The number of hydrogen-bond acceptors (Lipinski definition) is 3. The van der Waals surface area contributed by atoms with E-state index in [0.29, 0.717) is 12.6 Å². The molecule has 17 heavy (non-hydrogen) atoms. The van der Waals surface area contributed by atoms with Crippen molar-refractivity contribution in [3.63, 3.8) is 0 Å². The molecule has 0 spiro atoms. The summed E-state index contributed by atoms with van der Waals surface area (Å²) in [5.41, 5.74) is 8.26. The highest BCUT2D eigenvalue weighted by molar-refractivity contribution is 5.48. The molecule has 1 aliphatic heterocycles. The van der Waals surface area contributed by atoms with Crippen LogP contribution in [0.1, 0.15) is 25.3 Å². The molecule has 0 radical (unpaired) electrons. The van der Waals surface area contributed by atoms with Crippen LogP contribution >= 0.6 is 0 Å². The summed E-state index contributed by atoms with van der Waals surface area (Å²) in [5, 5.41) is 3.40. The molecule has 1 atom stereocenters. The second kappa shape index (κ2) is 6.03. The molecule has 3 N–H and O–H groups in total. The fourth-order valence-corrected chi connectivity index (χ4v) is 2.18. The van der Waals surface area contributed by atoms with Crippen molar-refractivity contribution in [1.82, 2.24) is 5.32 Å². The van der Waals surface area contributed by atoms with Crippen LogP contribution in [0.3, 0.4) is 0 Å². The Kier molecular flexibility index (Phi) is 4.40. The molecule has 1 unspecified atom stereocenters. The Bertz CT molecular complexity index is 328. The molecule has 1 aromatic rings. The van der Waals surface area contributed by atoms with Gasteiger partial charge < -0.3 is 16.0 Å². The maximum absolute atomic E-state index is 5.57. The number of nitrogens with one attached hydrogen (secondary N) is 1. The molecule has 1 saturated heterocycles. The highest BCUT2D eigenvalue weighted by atomic mass is 15.1.